The summed E-state index contributed by atoms with van der Waals surface area (Å²) in [5.41, 5.74) is 3.32. The van der Waals surface area contributed by atoms with E-state index >= 15 is 0 Å². The molecular weight excluding hydrogens is 242 g/mol. The first-order valence-electron chi connectivity index (χ1n) is 6.48. The highest BCUT2D eigenvalue weighted by Crippen LogP contribution is 2.20. The monoisotopic (exact) mass is 261 g/mol. The Labute approximate surface area is 113 Å². The standard InChI is InChI=1S/C14H19N3O2/c1-3-15-7-11-4-5-12(6-10(11)2)17-8-13(18)16-14(19)9-17/h4-6,15H,3,7-9H2,1-2H3,(H,16,18,19). The lowest BCUT2D eigenvalue weighted by molar-refractivity contribution is -0.130. The molecule has 1 heterocycles. The van der Waals surface area contributed by atoms with E-state index in [1.807, 2.05) is 25.1 Å². The van der Waals surface area contributed by atoms with Crippen LogP contribution in [-0.4, -0.2) is 31.4 Å². The number of imide groups is 1. The van der Waals surface area contributed by atoms with Gasteiger partial charge in [-0.25, -0.2) is 0 Å². The van der Waals surface area contributed by atoms with Crippen molar-refractivity contribution in [3.8, 4) is 0 Å². The van der Waals surface area contributed by atoms with Gasteiger partial charge in [-0.3, -0.25) is 14.9 Å². The number of benzene rings is 1. The molecule has 1 saturated heterocycles. The number of hydrogen-bond acceptors (Lipinski definition) is 4. The minimum atomic E-state index is -0.245. The molecule has 1 fully saturated rings. The predicted octanol–water partition coefficient (Wildman–Crippen LogP) is 0.567. The van der Waals surface area contributed by atoms with Crippen LogP contribution >= 0.6 is 0 Å². The highest BCUT2D eigenvalue weighted by atomic mass is 16.2. The highest BCUT2D eigenvalue weighted by molar-refractivity contribution is 6.02. The van der Waals surface area contributed by atoms with E-state index in [4.69, 9.17) is 0 Å². The summed E-state index contributed by atoms with van der Waals surface area (Å²) in [7, 11) is 0. The second-order valence-electron chi connectivity index (χ2n) is 4.72. The average molecular weight is 261 g/mol. The number of nitrogens with one attached hydrogen (secondary N) is 2. The Morgan fingerprint density at radius 2 is 1.95 bits per heavy atom. The Kier molecular flexibility index (Phi) is 4.16. The molecule has 2 N–H and O–H groups in total. The van der Waals surface area contributed by atoms with E-state index in [1.165, 1.54) is 5.56 Å². The van der Waals surface area contributed by atoms with Crippen LogP contribution in [0.15, 0.2) is 18.2 Å². The summed E-state index contributed by atoms with van der Waals surface area (Å²) in [6.07, 6.45) is 0. The second kappa shape index (κ2) is 5.84. The van der Waals surface area contributed by atoms with Crippen LogP contribution in [0.1, 0.15) is 18.1 Å². The van der Waals surface area contributed by atoms with E-state index in [2.05, 4.69) is 17.6 Å². The van der Waals surface area contributed by atoms with Gasteiger partial charge in [0, 0.05) is 12.2 Å². The normalized spacial score (nSPS) is 15.6. The van der Waals surface area contributed by atoms with Gasteiger partial charge in [-0.15, -0.1) is 0 Å². The van der Waals surface area contributed by atoms with Gasteiger partial charge >= 0.3 is 0 Å². The summed E-state index contributed by atoms with van der Waals surface area (Å²) in [4.78, 5) is 24.5. The zero-order chi connectivity index (χ0) is 13.8. The van der Waals surface area contributed by atoms with Crippen LogP contribution in [0.4, 0.5) is 5.69 Å². The quantitative estimate of drug-likeness (QED) is 0.778. The van der Waals surface area contributed by atoms with Gasteiger partial charge in [-0.2, -0.15) is 0 Å². The average Bonchev–Trinajstić information content (AvgIpc) is 2.36. The maximum absolute atomic E-state index is 11.4. The summed E-state index contributed by atoms with van der Waals surface area (Å²) < 4.78 is 0. The third-order valence-electron chi connectivity index (χ3n) is 3.20. The third-order valence-corrected chi connectivity index (χ3v) is 3.20. The topological polar surface area (TPSA) is 61.4 Å². The minimum Gasteiger partial charge on any atom is -0.353 e. The lowest BCUT2D eigenvalue weighted by Gasteiger charge is -2.28. The molecule has 0 atom stereocenters. The molecule has 0 aliphatic carbocycles. The molecule has 0 aromatic heterocycles. The van der Waals surface area contributed by atoms with Gasteiger partial charge in [-0.05, 0) is 36.7 Å². The van der Waals surface area contributed by atoms with Gasteiger partial charge in [0.25, 0.3) is 0 Å². The summed E-state index contributed by atoms with van der Waals surface area (Å²) in [5, 5.41) is 5.59. The number of amides is 2. The largest absolute Gasteiger partial charge is 0.353 e. The van der Waals surface area contributed by atoms with Gasteiger partial charge in [0.15, 0.2) is 0 Å². The zero-order valence-corrected chi connectivity index (χ0v) is 11.3. The Bertz CT molecular complexity index is 483. The SMILES string of the molecule is CCNCc1ccc(N2CC(=O)NC(=O)C2)cc1C. The second-order valence-corrected chi connectivity index (χ2v) is 4.72. The van der Waals surface area contributed by atoms with Crippen LogP contribution in [0, 0.1) is 6.92 Å². The lowest BCUT2D eigenvalue weighted by Crippen LogP contribution is -2.51. The summed E-state index contributed by atoms with van der Waals surface area (Å²) in [6, 6.07) is 6.04. The van der Waals surface area contributed by atoms with Crippen LogP contribution in [-0.2, 0) is 16.1 Å². The number of piperazine rings is 1. The molecule has 1 aromatic carbocycles. The van der Waals surface area contributed by atoms with E-state index in [0.29, 0.717) is 0 Å². The number of hydrogen-bond donors (Lipinski definition) is 2. The van der Waals surface area contributed by atoms with Crippen molar-refractivity contribution >= 4 is 17.5 Å². The molecule has 1 aromatic rings. The molecule has 0 spiro atoms. The van der Waals surface area contributed by atoms with Gasteiger partial charge in [0.1, 0.15) is 0 Å². The number of carbonyl (C=O) groups excluding carboxylic acids is 2. The van der Waals surface area contributed by atoms with Crippen molar-refractivity contribution in [3.63, 3.8) is 0 Å². The van der Waals surface area contributed by atoms with Crippen molar-refractivity contribution in [2.75, 3.05) is 24.5 Å². The molecule has 1 aliphatic rings. The van der Waals surface area contributed by atoms with Gasteiger partial charge < -0.3 is 10.2 Å². The zero-order valence-electron chi connectivity index (χ0n) is 11.3. The first kappa shape index (κ1) is 13.5. The first-order chi connectivity index (χ1) is 9.10. The minimum absolute atomic E-state index is 0.234. The summed E-state index contributed by atoms with van der Waals surface area (Å²) >= 11 is 0. The molecule has 0 saturated carbocycles. The molecule has 5 heteroatoms. The van der Waals surface area contributed by atoms with E-state index in [1.54, 1.807) is 4.90 Å². The van der Waals surface area contributed by atoms with Gasteiger partial charge in [0.2, 0.25) is 11.8 Å². The number of carbonyl (C=O) groups is 2. The molecule has 19 heavy (non-hydrogen) atoms. The molecule has 0 bridgehead atoms. The lowest BCUT2D eigenvalue weighted by atomic mass is 10.1. The maximum Gasteiger partial charge on any atom is 0.246 e. The Hall–Kier alpha value is -1.88. The summed E-state index contributed by atoms with van der Waals surface area (Å²) in [6.45, 7) is 6.35. The van der Waals surface area contributed by atoms with Crippen LogP contribution in [0.5, 0.6) is 0 Å². The van der Waals surface area contributed by atoms with Crippen LogP contribution in [0.25, 0.3) is 0 Å². The third kappa shape index (κ3) is 3.32. The van der Waals surface area contributed by atoms with Crippen LogP contribution in [0.3, 0.4) is 0 Å². The Balaban J connectivity index is 2.14. The van der Waals surface area contributed by atoms with E-state index in [9.17, 15) is 9.59 Å². The predicted molar refractivity (Wildman–Crippen MR) is 73.9 cm³/mol. The fourth-order valence-electron chi connectivity index (χ4n) is 2.15. The maximum atomic E-state index is 11.4. The van der Waals surface area contributed by atoms with Crippen molar-refractivity contribution in [2.45, 2.75) is 20.4 Å². The van der Waals surface area contributed by atoms with Crippen molar-refractivity contribution < 1.29 is 9.59 Å². The smallest absolute Gasteiger partial charge is 0.246 e. The molecule has 0 unspecified atom stereocenters. The molecule has 0 radical (unpaired) electrons. The molecular formula is C14H19N3O2. The number of nitrogens with zero attached hydrogens (tertiary/aromatic N) is 1. The Morgan fingerprint density at radius 1 is 1.26 bits per heavy atom. The van der Waals surface area contributed by atoms with Crippen molar-refractivity contribution in [1.82, 2.24) is 10.6 Å². The molecule has 1 aliphatic heterocycles. The Morgan fingerprint density at radius 3 is 2.53 bits per heavy atom. The molecule has 2 rings (SSSR count). The van der Waals surface area contributed by atoms with Crippen molar-refractivity contribution in [2.24, 2.45) is 0 Å². The van der Waals surface area contributed by atoms with Crippen molar-refractivity contribution in [3.05, 3.63) is 29.3 Å². The highest BCUT2D eigenvalue weighted by Gasteiger charge is 2.22. The number of aryl methyl sites for hydroxylation is 1. The van der Waals surface area contributed by atoms with E-state index < -0.39 is 0 Å². The number of rotatable bonds is 4. The number of anilines is 1. The van der Waals surface area contributed by atoms with E-state index in [0.717, 1.165) is 24.3 Å². The molecule has 5 nitrogen and oxygen atoms in total. The summed E-state index contributed by atoms with van der Waals surface area (Å²) in [5.74, 6) is -0.490. The first-order valence-corrected chi connectivity index (χ1v) is 6.48. The fourth-order valence-corrected chi connectivity index (χ4v) is 2.15. The fraction of sp³-hybridized carbons (Fsp3) is 0.429. The van der Waals surface area contributed by atoms with Crippen LogP contribution in [0.2, 0.25) is 0 Å². The van der Waals surface area contributed by atoms with E-state index in [-0.39, 0.29) is 24.9 Å². The van der Waals surface area contributed by atoms with Gasteiger partial charge in [-0.1, -0.05) is 13.0 Å². The van der Waals surface area contributed by atoms with Crippen molar-refractivity contribution in [1.29, 1.82) is 0 Å². The van der Waals surface area contributed by atoms with Gasteiger partial charge in [0.05, 0.1) is 13.1 Å². The van der Waals surface area contributed by atoms with Crippen LogP contribution < -0.4 is 15.5 Å². The molecule has 102 valence electrons. The molecule has 2 amide bonds.